The van der Waals surface area contributed by atoms with Gasteiger partial charge >= 0.3 is 0 Å². The van der Waals surface area contributed by atoms with Gasteiger partial charge in [-0.1, -0.05) is 25.7 Å². The average Bonchev–Trinajstić information content (AvgIpc) is 2.52. The first-order valence-corrected chi connectivity index (χ1v) is 6.34. The van der Waals surface area contributed by atoms with E-state index in [1.165, 1.54) is 25.7 Å². The lowest BCUT2D eigenvalue weighted by atomic mass is 9.99. The van der Waals surface area contributed by atoms with E-state index in [2.05, 4.69) is 17.3 Å². The number of nitrogens with one attached hydrogen (secondary N) is 1. The largest absolute Gasteiger partial charge is 0.392 e. The van der Waals surface area contributed by atoms with Crippen molar-refractivity contribution in [2.45, 2.75) is 44.2 Å². The Kier molecular flexibility index (Phi) is 4.00. The quantitative estimate of drug-likeness (QED) is 0.708. The molecule has 1 aliphatic heterocycles. The van der Waals surface area contributed by atoms with E-state index in [0.717, 1.165) is 32.0 Å². The molecule has 88 valence electrons. The lowest BCUT2D eigenvalue weighted by molar-refractivity contribution is 0.0709. The van der Waals surface area contributed by atoms with Crippen molar-refractivity contribution >= 4 is 0 Å². The van der Waals surface area contributed by atoms with Crippen molar-refractivity contribution < 1.29 is 5.11 Å². The zero-order valence-corrected chi connectivity index (χ0v) is 9.78. The predicted molar refractivity (Wildman–Crippen MR) is 61.9 cm³/mol. The number of nitrogens with zero attached hydrogens (tertiary/aromatic N) is 1. The van der Waals surface area contributed by atoms with E-state index < -0.39 is 0 Å². The van der Waals surface area contributed by atoms with Gasteiger partial charge in [-0.15, -0.1) is 0 Å². The summed E-state index contributed by atoms with van der Waals surface area (Å²) in [4.78, 5) is 2.30. The van der Waals surface area contributed by atoms with Gasteiger partial charge in [0, 0.05) is 25.7 Å². The van der Waals surface area contributed by atoms with E-state index in [4.69, 9.17) is 0 Å². The molecule has 0 radical (unpaired) electrons. The minimum absolute atomic E-state index is 0.112. The third-order valence-corrected chi connectivity index (χ3v) is 3.96. The second-order valence-corrected chi connectivity index (χ2v) is 5.29. The molecule has 0 aromatic rings. The maximum Gasteiger partial charge on any atom is 0.0669 e. The molecule has 1 saturated heterocycles. The molecule has 3 heteroatoms. The van der Waals surface area contributed by atoms with Crippen LogP contribution < -0.4 is 5.32 Å². The SMILES string of the molecule is CN(CC(O)CC1CCCC1)C1CNC1. The Morgan fingerprint density at radius 2 is 2.00 bits per heavy atom. The summed E-state index contributed by atoms with van der Waals surface area (Å²) in [6.45, 7) is 3.03. The van der Waals surface area contributed by atoms with Crippen molar-refractivity contribution in [3.63, 3.8) is 0 Å². The standard InChI is InChI=1S/C12H24N2O/c1-14(11-7-13-8-11)9-12(15)6-10-4-2-3-5-10/h10-13,15H,2-9H2,1H3. The van der Waals surface area contributed by atoms with Gasteiger partial charge < -0.3 is 10.4 Å². The van der Waals surface area contributed by atoms with Crippen molar-refractivity contribution in [2.75, 3.05) is 26.7 Å². The van der Waals surface area contributed by atoms with Crippen LogP contribution in [0.25, 0.3) is 0 Å². The molecule has 3 nitrogen and oxygen atoms in total. The van der Waals surface area contributed by atoms with Gasteiger partial charge in [0.1, 0.15) is 0 Å². The lowest BCUT2D eigenvalue weighted by Crippen LogP contribution is -2.57. The minimum Gasteiger partial charge on any atom is -0.392 e. The number of likely N-dealkylation sites (N-methyl/N-ethyl adjacent to an activating group) is 1. The highest BCUT2D eigenvalue weighted by Crippen LogP contribution is 2.28. The molecule has 2 fully saturated rings. The monoisotopic (exact) mass is 212 g/mol. The van der Waals surface area contributed by atoms with Crippen LogP contribution >= 0.6 is 0 Å². The lowest BCUT2D eigenvalue weighted by Gasteiger charge is -2.36. The summed E-state index contributed by atoms with van der Waals surface area (Å²) >= 11 is 0. The van der Waals surface area contributed by atoms with Crippen LogP contribution in [0, 0.1) is 5.92 Å². The van der Waals surface area contributed by atoms with Gasteiger partial charge in [0.2, 0.25) is 0 Å². The molecule has 2 aliphatic rings. The minimum atomic E-state index is -0.112. The molecule has 15 heavy (non-hydrogen) atoms. The maximum atomic E-state index is 9.99. The first kappa shape index (κ1) is 11.4. The zero-order valence-electron chi connectivity index (χ0n) is 9.78. The van der Waals surface area contributed by atoms with Crippen LogP contribution in [0.3, 0.4) is 0 Å². The summed E-state index contributed by atoms with van der Waals surface area (Å²) in [7, 11) is 2.13. The third-order valence-electron chi connectivity index (χ3n) is 3.96. The van der Waals surface area contributed by atoms with Crippen LogP contribution in [0.1, 0.15) is 32.1 Å². The summed E-state index contributed by atoms with van der Waals surface area (Å²) in [5, 5.41) is 13.3. The highest BCUT2D eigenvalue weighted by Gasteiger charge is 2.25. The van der Waals surface area contributed by atoms with Crippen molar-refractivity contribution in [1.82, 2.24) is 10.2 Å². The highest BCUT2D eigenvalue weighted by atomic mass is 16.3. The normalized spacial score (nSPS) is 25.8. The van der Waals surface area contributed by atoms with Crippen molar-refractivity contribution in [3.8, 4) is 0 Å². The van der Waals surface area contributed by atoms with Gasteiger partial charge in [0.05, 0.1) is 6.10 Å². The van der Waals surface area contributed by atoms with Crippen molar-refractivity contribution in [3.05, 3.63) is 0 Å². The second-order valence-electron chi connectivity index (χ2n) is 5.29. The molecule has 1 saturated carbocycles. The number of aliphatic hydroxyl groups excluding tert-OH is 1. The average molecular weight is 212 g/mol. The summed E-state index contributed by atoms with van der Waals surface area (Å²) in [6, 6.07) is 0.656. The topological polar surface area (TPSA) is 35.5 Å². The predicted octanol–water partition coefficient (Wildman–Crippen LogP) is 0.831. The summed E-state index contributed by atoms with van der Waals surface area (Å²) in [5.41, 5.74) is 0. The maximum absolute atomic E-state index is 9.99. The van der Waals surface area contributed by atoms with E-state index in [1.54, 1.807) is 0 Å². The smallest absolute Gasteiger partial charge is 0.0669 e. The molecule has 1 atom stereocenters. The molecule has 0 aromatic carbocycles. The molecule has 0 amide bonds. The van der Waals surface area contributed by atoms with Crippen LogP contribution in [0.15, 0.2) is 0 Å². The van der Waals surface area contributed by atoms with Crippen molar-refractivity contribution in [2.24, 2.45) is 5.92 Å². The number of hydrogen-bond acceptors (Lipinski definition) is 3. The fourth-order valence-electron chi connectivity index (χ4n) is 2.77. The van der Waals surface area contributed by atoms with E-state index in [-0.39, 0.29) is 6.10 Å². The van der Waals surface area contributed by atoms with E-state index in [1.807, 2.05) is 0 Å². The summed E-state index contributed by atoms with van der Waals surface area (Å²) in [5.74, 6) is 0.799. The van der Waals surface area contributed by atoms with Gasteiger partial charge in [-0.3, -0.25) is 4.90 Å². The Morgan fingerprint density at radius 3 is 2.53 bits per heavy atom. The number of aliphatic hydroxyl groups is 1. The zero-order chi connectivity index (χ0) is 10.7. The molecule has 1 unspecified atom stereocenters. The van der Waals surface area contributed by atoms with Gasteiger partial charge in [0.15, 0.2) is 0 Å². The fraction of sp³-hybridized carbons (Fsp3) is 1.00. The van der Waals surface area contributed by atoms with Crippen LogP contribution in [-0.4, -0.2) is 48.8 Å². The molecular formula is C12H24N2O. The highest BCUT2D eigenvalue weighted by molar-refractivity contribution is 4.84. The first-order valence-electron chi connectivity index (χ1n) is 6.34. The molecule has 0 aromatic heterocycles. The Hall–Kier alpha value is -0.120. The number of rotatable bonds is 5. The van der Waals surface area contributed by atoms with E-state index in [0.29, 0.717) is 6.04 Å². The molecular weight excluding hydrogens is 188 g/mol. The summed E-state index contributed by atoms with van der Waals surface area (Å²) in [6.07, 6.45) is 6.33. The van der Waals surface area contributed by atoms with E-state index >= 15 is 0 Å². The fourth-order valence-corrected chi connectivity index (χ4v) is 2.77. The van der Waals surface area contributed by atoms with Gasteiger partial charge in [-0.2, -0.15) is 0 Å². The van der Waals surface area contributed by atoms with Gasteiger partial charge in [-0.05, 0) is 19.4 Å². The molecule has 0 spiro atoms. The van der Waals surface area contributed by atoms with Crippen LogP contribution in [-0.2, 0) is 0 Å². The molecule has 1 aliphatic carbocycles. The van der Waals surface area contributed by atoms with Crippen LogP contribution in [0.2, 0.25) is 0 Å². The Morgan fingerprint density at radius 1 is 1.33 bits per heavy atom. The molecule has 2 rings (SSSR count). The van der Waals surface area contributed by atoms with Gasteiger partial charge in [-0.25, -0.2) is 0 Å². The van der Waals surface area contributed by atoms with Crippen molar-refractivity contribution in [1.29, 1.82) is 0 Å². The van der Waals surface area contributed by atoms with E-state index in [9.17, 15) is 5.11 Å². The third kappa shape index (κ3) is 3.16. The Bertz CT molecular complexity index is 188. The summed E-state index contributed by atoms with van der Waals surface area (Å²) < 4.78 is 0. The van der Waals surface area contributed by atoms with Crippen LogP contribution in [0.5, 0.6) is 0 Å². The van der Waals surface area contributed by atoms with Crippen LogP contribution in [0.4, 0.5) is 0 Å². The molecule has 1 heterocycles. The first-order chi connectivity index (χ1) is 7.25. The second kappa shape index (κ2) is 5.28. The molecule has 2 N–H and O–H groups in total. The Labute approximate surface area is 92.8 Å². The molecule has 0 bridgehead atoms. The number of hydrogen-bond donors (Lipinski definition) is 2. The van der Waals surface area contributed by atoms with Gasteiger partial charge in [0.25, 0.3) is 0 Å². The Balaban J connectivity index is 1.64.